The van der Waals surface area contributed by atoms with Gasteiger partial charge in [0, 0.05) is 11.6 Å². The Hall–Kier alpha value is -2.32. The van der Waals surface area contributed by atoms with Crippen molar-refractivity contribution < 1.29 is 22.0 Å². The van der Waals surface area contributed by atoms with Gasteiger partial charge in [-0.2, -0.15) is 0 Å². The predicted molar refractivity (Wildman–Crippen MR) is 94.1 cm³/mol. The zero-order chi connectivity index (χ0) is 19.5. The van der Waals surface area contributed by atoms with Gasteiger partial charge in [-0.3, -0.25) is 4.79 Å². The van der Waals surface area contributed by atoms with Gasteiger partial charge in [0.25, 0.3) is 5.91 Å². The zero-order valence-corrected chi connectivity index (χ0v) is 15.4. The van der Waals surface area contributed by atoms with Crippen LogP contribution in [0.1, 0.15) is 42.7 Å². The second-order valence-corrected chi connectivity index (χ2v) is 7.89. The van der Waals surface area contributed by atoms with Crippen molar-refractivity contribution in [3.05, 3.63) is 65.2 Å². The maximum absolute atomic E-state index is 13.3. The molecule has 1 unspecified atom stereocenters. The van der Waals surface area contributed by atoms with E-state index >= 15 is 0 Å². The van der Waals surface area contributed by atoms with Gasteiger partial charge in [0.15, 0.2) is 11.6 Å². The normalized spacial score (nSPS) is 12.8. The SMILES string of the molecule is CC(C)NS(=O)(=O)c1cccc(C(=O)NC(C)c2ccc(F)c(F)c2)c1. The summed E-state index contributed by atoms with van der Waals surface area (Å²) in [7, 11) is -3.73. The third-order valence-corrected chi connectivity index (χ3v) is 5.24. The van der Waals surface area contributed by atoms with E-state index in [-0.39, 0.29) is 16.5 Å². The van der Waals surface area contributed by atoms with Crippen molar-refractivity contribution >= 4 is 15.9 Å². The number of hydrogen-bond acceptors (Lipinski definition) is 3. The Kier molecular flexibility index (Phi) is 6.09. The molecular weight excluding hydrogens is 362 g/mol. The van der Waals surface area contributed by atoms with Crippen LogP contribution in [0.2, 0.25) is 0 Å². The van der Waals surface area contributed by atoms with Gasteiger partial charge in [-0.1, -0.05) is 12.1 Å². The van der Waals surface area contributed by atoms with E-state index in [9.17, 15) is 22.0 Å². The Morgan fingerprint density at radius 2 is 1.69 bits per heavy atom. The van der Waals surface area contributed by atoms with E-state index in [4.69, 9.17) is 0 Å². The van der Waals surface area contributed by atoms with Gasteiger partial charge >= 0.3 is 0 Å². The number of sulfonamides is 1. The van der Waals surface area contributed by atoms with Crippen LogP contribution in [0.4, 0.5) is 8.78 Å². The molecule has 0 saturated carbocycles. The summed E-state index contributed by atoms with van der Waals surface area (Å²) in [5.41, 5.74) is 0.536. The molecule has 2 rings (SSSR count). The molecule has 5 nitrogen and oxygen atoms in total. The highest BCUT2D eigenvalue weighted by molar-refractivity contribution is 7.89. The summed E-state index contributed by atoms with van der Waals surface area (Å²) < 4.78 is 53.2. The van der Waals surface area contributed by atoms with Crippen molar-refractivity contribution in [2.45, 2.75) is 37.8 Å². The maximum atomic E-state index is 13.3. The highest BCUT2D eigenvalue weighted by Crippen LogP contribution is 2.17. The first kappa shape index (κ1) is 20.0. The van der Waals surface area contributed by atoms with Gasteiger partial charge in [-0.05, 0) is 56.7 Å². The quantitative estimate of drug-likeness (QED) is 0.806. The lowest BCUT2D eigenvalue weighted by Crippen LogP contribution is -2.31. The number of carbonyl (C=O) groups excluding carboxylic acids is 1. The van der Waals surface area contributed by atoms with Crippen LogP contribution in [0, 0.1) is 11.6 Å². The van der Waals surface area contributed by atoms with Crippen LogP contribution in [0.15, 0.2) is 47.4 Å². The molecule has 0 saturated heterocycles. The lowest BCUT2D eigenvalue weighted by atomic mass is 10.1. The smallest absolute Gasteiger partial charge is 0.251 e. The Bertz CT molecular complexity index is 914. The summed E-state index contributed by atoms with van der Waals surface area (Å²) in [5.74, 6) is -2.50. The summed E-state index contributed by atoms with van der Waals surface area (Å²) in [4.78, 5) is 12.4. The third kappa shape index (κ3) is 4.86. The highest BCUT2D eigenvalue weighted by atomic mass is 32.2. The Labute approximate surface area is 151 Å². The van der Waals surface area contributed by atoms with Crippen LogP contribution >= 0.6 is 0 Å². The molecule has 0 aromatic heterocycles. The molecule has 2 N–H and O–H groups in total. The molecule has 0 bridgehead atoms. The molecule has 0 spiro atoms. The van der Waals surface area contributed by atoms with E-state index in [0.29, 0.717) is 5.56 Å². The minimum Gasteiger partial charge on any atom is -0.346 e. The lowest BCUT2D eigenvalue weighted by Gasteiger charge is -2.15. The first-order valence-electron chi connectivity index (χ1n) is 7.98. The minimum absolute atomic E-state index is 0.0284. The molecular formula is C18H20F2N2O3S. The summed E-state index contributed by atoms with van der Waals surface area (Å²) >= 11 is 0. The van der Waals surface area contributed by atoms with Crippen molar-refractivity contribution in [1.29, 1.82) is 0 Å². The number of hydrogen-bond donors (Lipinski definition) is 2. The van der Waals surface area contributed by atoms with E-state index in [1.165, 1.54) is 30.3 Å². The summed E-state index contributed by atoms with van der Waals surface area (Å²) in [6, 6.07) is 8.08. The summed E-state index contributed by atoms with van der Waals surface area (Å²) in [5, 5.41) is 2.64. The zero-order valence-electron chi connectivity index (χ0n) is 14.6. The number of nitrogens with one attached hydrogen (secondary N) is 2. The lowest BCUT2D eigenvalue weighted by molar-refractivity contribution is 0.0939. The van der Waals surface area contributed by atoms with Gasteiger partial charge in [-0.15, -0.1) is 0 Å². The minimum atomic E-state index is -3.73. The maximum Gasteiger partial charge on any atom is 0.251 e. The molecule has 2 aromatic carbocycles. The van der Waals surface area contributed by atoms with Crippen molar-refractivity contribution in [3.63, 3.8) is 0 Å². The fourth-order valence-electron chi connectivity index (χ4n) is 2.33. The Morgan fingerprint density at radius 3 is 2.31 bits per heavy atom. The molecule has 0 radical (unpaired) electrons. The van der Waals surface area contributed by atoms with Crippen LogP contribution in [0.5, 0.6) is 0 Å². The second kappa shape index (κ2) is 7.92. The number of amides is 1. The first-order valence-corrected chi connectivity index (χ1v) is 9.46. The van der Waals surface area contributed by atoms with Gasteiger partial charge < -0.3 is 5.32 Å². The standard InChI is InChI=1S/C18H20F2N2O3S/c1-11(2)22-26(24,25)15-6-4-5-14(9-15)18(23)21-12(3)13-7-8-16(19)17(20)10-13/h4-12,22H,1-3H3,(H,21,23). The van der Waals surface area contributed by atoms with Crippen LogP contribution in [-0.2, 0) is 10.0 Å². The van der Waals surface area contributed by atoms with Gasteiger partial charge in [0.05, 0.1) is 10.9 Å². The van der Waals surface area contributed by atoms with Gasteiger partial charge in [0.2, 0.25) is 10.0 Å². The number of halogens is 2. The van der Waals surface area contributed by atoms with E-state index in [0.717, 1.165) is 12.1 Å². The van der Waals surface area contributed by atoms with Gasteiger partial charge in [0.1, 0.15) is 0 Å². The van der Waals surface area contributed by atoms with Crippen LogP contribution in [-0.4, -0.2) is 20.4 Å². The summed E-state index contributed by atoms with van der Waals surface area (Å²) in [6.07, 6.45) is 0. The molecule has 0 heterocycles. The Morgan fingerprint density at radius 1 is 1.00 bits per heavy atom. The third-order valence-electron chi connectivity index (χ3n) is 3.59. The highest BCUT2D eigenvalue weighted by Gasteiger charge is 2.18. The van der Waals surface area contributed by atoms with Crippen LogP contribution < -0.4 is 10.0 Å². The topological polar surface area (TPSA) is 75.3 Å². The van der Waals surface area contributed by atoms with Crippen molar-refractivity contribution in [3.8, 4) is 0 Å². The molecule has 0 fully saturated rings. The molecule has 0 aliphatic carbocycles. The first-order chi connectivity index (χ1) is 12.1. The van der Waals surface area contributed by atoms with Crippen LogP contribution in [0.3, 0.4) is 0 Å². The number of carbonyl (C=O) groups is 1. The fraction of sp³-hybridized carbons (Fsp3) is 0.278. The predicted octanol–water partition coefficient (Wildman–Crippen LogP) is 3.14. The molecule has 1 atom stereocenters. The largest absolute Gasteiger partial charge is 0.346 e. The molecule has 1 amide bonds. The second-order valence-electron chi connectivity index (χ2n) is 6.17. The number of benzene rings is 2. The van der Waals surface area contributed by atoms with Crippen molar-refractivity contribution in [1.82, 2.24) is 10.0 Å². The van der Waals surface area contributed by atoms with Crippen molar-refractivity contribution in [2.24, 2.45) is 0 Å². The van der Waals surface area contributed by atoms with E-state index < -0.39 is 33.6 Å². The van der Waals surface area contributed by atoms with E-state index in [2.05, 4.69) is 10.0 Å². The molecule has 140 valence electrons. The Balaban J connectivity index is 2.19. The van der Waals surface area contributed by atoms with E-state index in [1.54, 1.807) is 20.8 Å². The average Bonchev–Trinajstić information content (AvgIpc) is 2.56. The van der Waals surface area contributed by atoms with Crippen LogP contribution in [0.25, 0.3) is 0 Å². The van der Waals surface area contributed by atoms with Gasteiger partial charge in [-0.25, -0.2) is 21.9 Å². The fourth-order valence-corrected chi connectivity index (χ4v) is 3.62. The molecule has 26 heavy (non-hydrogen) atoms. The molecule has 2 aromatic rings. The average molecular weight is 382 g/mol. The summed E-state index contributed by atoms with van der Waals surface area (Å²) in [6.45, 7) is 5.00. The van der Waals surface area contributed by atoms with E-state index in [1.807, 2.05) is 0 Å². The molecule has 8 heteroatoms. The van der Waals surface area contributed by atoms with Crippen molar-refractivity contribution in [2.75, 3.05) is 0 Å². The molecule has 0 aliphatic heterocycles. The molecule has 0 aliphatic rings. The number of rotatable bonds is 6. The monoisotopic (exact) mass is 382 g/mol.